The molecule has 1 aromatic rings. The summed E-state index contributed by atoms with van der Waals surface area (Å²) in [5.74, 6) is 2.18. The second kappa shape index (κ2) is 7.82. The quantitative estimate of drug-likeness (QED) is 0.685. The SMILES string of the molecule is CC(=O)c1ccccc1N[C@H]1C[C@H]2CCC[C@@H](C1)N2[C@H]1C[C@@H]2CCC[C@@H](C2)C1. The largest absolute Gasteiger partial charge is 0.382 e. The Morgan fingerprint density at radius 2 is 1.50 bits per heavy atom. The third-order valence-electron chi connectivity index (χ3n) is 8.22. The molecule has 2 aliphatic heterocycles. The highest BCUT2D eigenvalue weighted by atomic mass is 16.1. The number of piperidine rings is 2. The summed E-state index contributed by atoms with van der Waals surface area (Å²) >= 11 is 0. The van der Waals surface area contributed by atoms with Crippen molar-refractivity contribution in [1.82, 2.24) is 4.90 Å². The predicted octanol–water partition coefficient (Wildman–Crippen LogP) is 5.66. The first kappa shape index (κ1) is 18.7. The van der Waals surface area contributed by atoms with E-state index in [0.717, 1.165) is 41.2 Å². The van der Waals surface area contributed by atoms with Crippen LogP contribution in [0.5, 0.6) is 0 Å². The van der Waals surface area contributed by atoms with E-state index in [1.54, 1.807) is 6.92 Å². The van der Waals surface area contributed by atoms with E-state index in [4.69, 9.17) is 0 Å². The molecule has 2 saturated heterocycles. The fraction of sp³-hybridized carbons (Fsp3) is 0.720. The molecular weight excluding hydrogens is 344 g/mol. The van der Waals surface area contributed by atoms with E-state index < -0.39 is 0 Å². The minimum atomic E-state index is 0.162. The van der Waals surface area contributed by atoms with Gasteiger partial charge in [0, 0.05) is 35.4 Å². The van der Waals surface area contributed by atoms with Crippen molar-refractivity contribution >= 4 is 11.5 Å². The van der Waals surface area contributed by atoms with Crippen molar-refractivity contribution in [2.45, 2.75) is 102 Å². The third kappa shape index (κ3) is 3.63. The fourth-order valence-electron chi connectivity index (χ4n) is 7.21. The second-order valence-corrected chi connectivity index (χ2v) is 10.1. The van der Waals surface area contributed by atoms with Gasteiger partial charge in [-0.3, -0.25) is 9.69 Å². The molecule has 2 heterocycles. The Labute approximate surface area is 170 Å². The van der Waals surface area contributed by atoms with Crippen LogP contribution in [0.2, 0.25) is 0 Å². The Hall–Kier alpha value is -1.35. The maximum absolute atomic E-state index is 12.0. The van der Waals surface area contributed by atoms with Gasteiger partial charge in [0.1, 0.15) is 0 Å². The maximum Gasteiger partial charge on any atom is 0.161 e. The van der Waals surface area contributed by atoms with E-state index in [1.165, 1.54) is 70.6 Å². The average Bonchev–Trinajstić information content (AvgIpc) is 2.67. The number of ketones is 1. The van der Waals surface area contributed by atoms with E-state index >= 15 is 0 Å². The smallest absolute Gasteiger partial charge is 0.161 e. The average molecular weight is 381 g/mol. The zero-order chi connectivity index (χ0) is 19.1. The van der Waals surface area contributed by atoms with Crippen LogP contribution in [-0.2, 0) is 0 Å². The van der Waals surface area contributed by atoms with Crippen LogP contribution in [0.3, 0.4) is 0 Å². The van der Waals surface area contributed by atoms with Crippen LogP contribution in [0.25, 0.3) is 0 Å². The summed E-state index contributed by atoms with van der Waals surface area (Å²) in [5, 5.41) is 3.78. The van der Waals surface area contributed by atoms with Crippen molar-refractivity contribution in [2.24, 2.45) is 11.8 Å². The minimum Gasteiger partial charge on any atom is -0.382 e. The van der Waals surface area contributed by atoms with Gasteiger partial charge in [0.2, 0.25) is 0 Å². The summed E-state index contributed by atoms with van der Waals surface area (Å²) in [4.78, 5) is 15.0. The number of anilines is 1. The molecule has 3 heteroatoms. The minimum absolute atomic E-state index is 0.162. The second-order valence-electron chi connectivity index (χ2n) is 10.1. The number of fused-ring (bicyclic) bond motifs is 4. The van der Waals surface area contributed by atoms with Gasteiger partial charge < -0.3 is 5.32 Å². The monoisotopic (exact) mass is 380 g/mol. The number of carbonyl (C=O) groups excluding carboxylic acids is 1. The number of hydrogen-bond donors (Lipinski definition) is 1. The van der Waals surface area contributed by atoms with Crippen molar-refractivity contribution in [3.8, 4) is 0 Å². The first-order valence-corrected chi connectivity index (χ1v) is 11.8. The van der Waals surface area contributed by atoms with Crippen molar-refractivity contribution in [1.29, 1.82) is 0 Å². The molecule has 28 heavy (non-hydrogen) atoms. The van der Waals surface area contributed by atoms with Gasteiger partial charge in [-0.25, -0.2) is 0 Å². The molecule has 3 nitrogen and oxygen atoms in total. The van der Waals surface area contributed by atoms with Gasteiger partial charge >= 0.3 is 0 Å². The molecule has 0 spiro atoms. The number of hydrogen-bond acceptors (Lipinski definition) is 3. The lowest BCUT2D eigenvalue weighted by atomic mass is 9.68. The van der Waals surface area contributed by atoms with E-state index in [2.05, 4.69) is 16.3 Å². The Balaban J connectivity index is 1.30. The molecule has 0 radical (unpaired) electrons. The summed E-state index contributed by atoms with van der Waals surface area (Å²) in [6.07, 6.45) is 15.5. The first-order chi connectivity index (χ1) is 13.7. The number of benzene rings is 1. The Kier molecular flexibility index (Phi) is 5.21. The summed E-state index contributed by atoms with van der Waals surface area (Å²) in [6, 6.07) is 10.9. The molecule has 4 aliphatic rings. The van der Waals surface area contributed by atoms with Crippen LogP contribution in [0.15, 0.2) is 24.3 Å². The number of nitrogens with one attached hydrogen (secondary N) is 1. The number of nitrogens with zero attached hydrogens (tertiary/aromatic N) is 1. The maximum atomic E-state index is 12.0. The number of Topliss-reactive ketones (excluding diaryl/α,β-unsaturated/α-hetero) is 1. The van der Waals surface area contributed by atoms with Crippen LogP contribution in [-0.4, -0.2) is 34.9 Å². The molecule has 5 rings (SSSR count). The van der Waals surface area contributed by atoms with Crippen molar-refractivity contribution in [3.05, 3.63) is 29.8 Å². The van der Waals surface area contributed by atoms with Crippen molar-refractivity contribution in [2.75, 3.05) is 5.32 Å². The summed E-state index contributed by atoms with van der Waals surface area (Å²) in [5.41, 5.74) is 1.88. The van der Waals surface area contributed by atoms with E-state index in [0.29, 0.717) is 6.04 Å². The van der Waals surface area contributed by atoms with E-state index in [9.17, 15) is 4.79 Å². The molecule has 0 amide bonds. The molecule has 4 bridgehead atoms. The molecule has 6 atom stereocenters. The van der Waals surface area contributed by atoms with Crippen LogP contribution in [0.4, 0.5) is 5.69 Å². The fourth-order valence-corrected chi connectivity index (χ4v) is 7.21. The zero-order valence-corrected chi connectivity index (χ0v) is 17.4. The zero-order valence-electron chi connectivity index (χ0n) is 17.4. The van der Waals surface area contributed by atoms with Crippen LogP contribution < -0.4 is 5.32 Å². The molecule has 152 valence electrons. The topological polar surface area (TPSA) is 32.3 Å². The van der Waals surface area contributed by atoms with Gasteiger partial charge in [0.25, 0.3) is 0 Å². The van der Waals surface area contributed by atoms with Crippen molar-refractivity contribution in [3.63, 3.8) is 0 Å². The Bertz CT molecular complexity index is 690. The van der Waals surface area contributed by atoms with Gasteiger partial charge in [-0.2, -0.15) is 0 Å². The van der Waals surface area contributed by atoms with Crippen LogP contribution in [0, 0.1) is 11.8 Å². The highest BCUT2D eigenvalue weighted by Crippen LogP contribution is 2.46. The molecule has 0 unspecified atom stereocenters. The third-order valence-corrected chi connectivity index (χ3v) is 8.22. The molecule has 2 aliphatic carbocycles. The lowest BCUT2D eigenvalue weighted by molar-refractivity contribution is -0.0382. The van der Waals surface area contributed by atoms with Gasteiger partial charge in [0.05, 0.1) is 0 Å². The number of para-hydroxylation sites is 1. The van der Waals surface area contributed by atoms with Gasteiger partial charge in [-0.1, -0.05) is 37.8 Å². The van der Waals surface area contributed by atoms with Gasteiger partial charge in [-0.15, -0.1) is 0 Å². The molecule has 1 aromatic carbocycles. The Morgan fingerprint density at radius 1 is 0.857 bits per heavy atom. The van der Waals surface area contributed by atoms with Crippen LogP contribution in [0.1, 0.15) is 87.9 Å². The summed E-state index contributed by atoms with van der Waals surface area (Å²) < 4.78 is 0. The molecule has 4 fully saturated rings. The van der Waals surface area contributed by atoms with Gasteiger partial charge in [-0.05, 0) is 75.8 Å². The normalized spacial score (nSPS) is 38.0. The Morgan fingerprint density at radius 3 is 2.18 bits per heavy atom. The molecular formula is C25H36N2O. The summed E-state index contributed by atoms with van der Waals surface area (Å²) in [6.45, 7) is 1.68. The van der Waals surface area contributed by atoms with Crippen LogP contribution >= 0.6 is 0 Å². The lowest BCUT2D eigenvalue weighted by Gasteiger charge is -2.55. The molecule has 1 N–H and O–H groups in total. The van der Waals surface area contributed by atoms with Crippen molar-refractivity contribution < 1.29 is 4.79 Å². The number of carbonyl (C=O) groups is 1. The van der Waals surface area contributed by atoms with E-state index in [-0.39, 0.29) is 5.78 Å². The molecule has 0 aromatic heterocycles. The number of rotatable bonds is 4. The highest BCUT2D eigenvalue weighted by molar-refractivity contribution is 5.99. The first-order valence-electron chi connectivity index (χ1n) is 11.8. The van der Waals surface area contributed by atoms with Gasteiger partial charge in [0.15, 0.2) is 5.78 Å². The highest BCUT2D eigenvalue weighted by Gasteiger charge is 2.44. The molecule has 2 saturated carbocycles. The predicted molar refractivity (Wildman–Crippen MR) is 115 cm³/mol. The summed E-state index contributed by atoms with van der Waals surface area (Å²) in [7, 11) is 0. The van der Waals surface area contributed by atoms with E-state index in [1.807, 2.05) is 18.2 Å². The standard InChI is InChI=1S/C25H36N2O/c1-17(28)24-10-2-3-11-25(24)26-20-15-21-8-5-9-22(16-20)27(21)23-13-18-6-4-7-19(12-18)14-23/h2-3,10-11,18-23,26H,4-9,12-16H2,1H3/t18-,19+,20-,21+,22-,23+. The lowest BCUT2D eigenvalue weighted by Crippen LogP contribution is -2.60.